The maximum atomic E-state index is 10.5. The van der Waals surface area contributed by atoms with Crippen LogP contribution in [0.1, 0.15) is 31.7 Å². The number of aliphatic carboxylic acids is 1. The molecule has 0 saturated carbocycles. The summed E-state index contributed by atoms with van der Waals surface area (Å²) in [5, 5.41) is 8.61. The van der Waals surface area contributed by atoms with E-state index >= 15 is 0 Å². The van der Waals surface area contributed by atoms with E-state index in [0.29, 0.717) is 0 Å². The molecule has 0 saturated heterocycles. The van der Waals surface area contributed by atoms with Crippen molar-refractivity contribution in [2.45, 2.75) is 32.6 Å². The Labute approximate surface area is 96.1 Å². The van der Waals surface area contributed by atoms with Gasteiger partial charge in [-0.05, 0) is 24.1 Å². The Kier molecular flexibility index (Phi) is 5.40. The predicted molar refractivity (Wildman–Crippen MR) is 62.8 cm³/mol. The van der Waals surface area contributed by atoms with Crippen molar-refractivity contribution in [3.8, 4) is 5.75 Å². The normalized spacial score (nSPS) is 10.1. The van der Waals surface area contributed by atoms with Gasteiger partial charge in [0.15, 0.2) is 0 Å². The van der Waals surface area contributed by atoms with Gasteiger partial charge >= 0.3 is 5.97 Å². The van der Waals surface area contributed by atoms with Crippen molar-refractivity contribution < 1.29 is 14.6 Å². The smallest absolute Gasteiger partial charge is 0.307 e. The van der Waals surface area contributed by atoms with Crippen molar-refractivity contribution in [2.24, 2.45) is 0 Å². The average Bonchev–Trinajstić information content (AvgIpc) is 2.26. The van der Waals surface area contributed by atoms with E-state index in [-0.39, 0.29) is 6.42 Å². The second-order valence-electron chi connectivity index (χ2n) is 3.77. The molecule has 0 spiro atoms. The van der Waals surface area contributed by atoms with Crippen LogP contribution in [0, 0.1) is 0 Å². The number of hydrogen-bond acceptors (Lipinski definition) is 2. The summed E-state index contributed by atoms with van der Waals surface area (Å²) in [6.45, 7) is 2.88. The fourth-order valence-corrected chi connectivity index (χ4v) is 1.42. The fourth-order valence-electron chi connectivity index (χ4n) is 1.42. The Morgan fingerprint density at radius 2 is 1.94 bits per heavy atom. The minimum absolute atomic E-state index is 0.0656. The highest BCUT2D eigenvalue weighted by Gasteiger charge is 2.00. The van der Waals surface area contributed by atoms with E-state index in [4.69, 9.17) is 9.84 Å². The molecule has 0 aliphatic carbocycles. The van der Waals surface area contributed by atoms with Crippen LogP contribution in [0.2, 0.25) is 0 Å². The molecule has 3 heteroatoms. The summed E-state index contributed by atoms with van der Waals surface area (Å²) in [5.41, 5.74) is 0.799. The molecular formula is C13H18O3. The SMILES string of the molecule is CCCCCOc1ccc(CC(=O)O)cc1. The van der Waals surface area contributed by atoms with Gasteiger partial charge in [-0.2, -0.15) is 0 Å². The van der Waals surface area contributed by atoms with E-state index in [2.05, 4.69) is 6.92 Å². The number of hydrogen-bond donors (Lipinski definition) is 1. The summed E-state index contributed by atoms with van der Waals surface area (Å²) in [6.07, 6.45) is 3.49. The average molecular weight is 222 g/mol. The molecule has 0 aromatic heterocycles. The first-order chi connectivity index (χ1) is 7.72. The fraction of sp³-hybridized carbons (Fsp3) is 0.462. The number of carboxylic acids is 1. The zero-order valence-corrected chi connectivity index (χ0v) is 9.61. The molecule has 0 amide bonds. The van der Waals surface area contributed by atoms with Gasteiger partial charge < -0.3 is 9.84 Å². The summed E-state index contributed by atoms with van der Waals surface area (Å²) in [5.74, 6) is 0.00172. The first kappa shape index (κ1) is 12.6. The third-order valence-electron chi connectivity index (χ3n) is 2.30. The number of rotatable bonds is 7. The van der Waals surface area contributed by atoms with Gasteiger partial charge in [-0.25, -0.2) is 0 Å². The van der Waals surface area contributed by atoms with Gasteiger partial charge in [0.2, 0.25) is 0 Å². The van der Waals surface area contributed by atoms with E-state index in [1.54, 1.807) is 12.1 Å². The number of benzene rings is 1. The first-order valence-corrected chi connectivity index (χ1v) is 5.66. The highest BCUT2D eigenvalue weighted by atomic mass is 16.5. The van der Waals surface area contributed by atoms with Crippen LogP contribution in [-0.2, 0) is 11.2 Å². The zero-order valence-electron chi connectivity index (χ0n) is 9.61. The van der Waals surface area contributed by atoms with E-state index < -0.39 is 5.97 Å². The van der Waals surface area contributed by atoms with Gasteiger partial charge in [0, 0.05) is 0 Å². The van der Waals surface area contributed by atoms with Gasteiger partial charge in [0.1, 0.15) is 5.75 Å². The lowest BCUT2D eigenvalue weighted by Gasteiger charge is -2.06. The summed E-state index contributed by atoms with van der Waals surface area (Å²) < 4.78 is 5.52. The van der Waals surface area contributed by atoms with Crippen LogP contribution in [0.15, 0.2) is 24.3 Å². The molecule has 0 heterocycles. The quantitative estimate of drug-likeness (QED) is 0.721. The highest BCUT2D eigenvalue weighted by molar-refractivity contribution is 5.70. The molecule has 0 aliphatic heterocycles. The van der Waals surface area contributed by atoms with Crippen LogP contribution >= 0.6 is 0 Å². The van der Waals surface area contributed by atoms with Crippen LogP contribution in [0.5, 0.6) is 5.75 Å². The lowest BCUT2D eigenvalue weighted by Crippen LogP contribution is -2.00. The molecule has 3 nitrogen and oxygen atoms in total. The summed E-state index contributed by atoms with van der Waals surface area (Å²) in [6, 6.07) is 7.24. The highest BCUT2D eigenvalue weighted by Crippen LogP contribution is 2.13. The molecule has 16 heavy (non-hydrogen) atoms. The Hall–Kier alpha value is -1.51. The predicted octanol–water partition coefficient (Wildman–Crippen LogP) is 2.88. The van der Waals surface area contributed by atoms with E-state index in [0.717, 1.165) is 24.3 Å². The number of unbranched alkanes of at least 4 members (excludes halogenated alkanes) is 2. The molecule has 88 valence electrons. The lowest BCUT2D eigenvalue weighted by atomic mass is 10.1. The van der Waals surface area contributed by atoms with Crippen LogP contribution in [-0.4, -0.2) is 17.7 Å². The summed E-state index contributed by atoms with van der Waals surface area (Å²) >= 11 is 0. The van der Waals surface area contributed by atoms with Gasteiger partial charge in [-0.1, -0.05) is 31.9 Å². The van der Waals surface area contributed by atoms with Crippen LogP contribution in [0.4, 0.5) is 0 Å². The lowest BCUT2D eigenvalue weighted by molar-refractivity contribution is -0.136. The Balaban J connectivity index is 2.36. The topological polar surface area (TPSA) is 46.5 Å². The number of carbonyl (C=O) groups is 1. The van der Waals surface area contributed by atoms with Gasteiger partial charge in [-0.3, -0.25) is 4.79 Å². The third-order valence-corrected chi connectivity index (χ3v) is 2.30. The molecule has 0 unspecified atom stereocenters. The van der Waals surface area contributed by atoms with Crippen LogP contribution < -0.4 is 4.74 Å². The van der Waals surface area contributed by atoms with Crippen molar-refractivity contribution in [1.82, 2.24) is 0 Å². The van der Waals surface area contributed by atoms with Crippen LogP contribution in [0.25, 0.3) is 0 Å². The van der Waals surface area contributed by atoms with E-state index in [1.807, 2.05) is 12.1 Å². The molecule has 1 aromatic carbocycles. The Bertz CT molecular complexity index is 316. The largest absolute Gasteiger partial charge is 0.494 e. The van der Waals surface area contributed by atoms with Crippen LogP contribution in [0.3, 0.4) is 0 Å². The second-order valence-corrected chi connectivity index (χ2v) is 3.77. The standard InChI is InChI=1S/C13H18O3/c1-2-3-4-9-16-12-7-5-11(6-8-12)10-13(14)15/h5-8H,2-4,9-10H2,1H3,(H,14,15). The zero-order chi connectivity index (χ0) is 11.8. The van der Waals surface area contributed by atoms with E-state index in [9.17, 15) is 4.79 Å². The van der Waals surface area contributed by atoms with Crippen molar-refractivity contribution >= 4 is 5.97 Å². The maximum Gasteiger partial charge on any atom is 0.307 e. The van der Waals surface area contributed by atoms with Gasteiger partial charge in [-0.15, -0.1) is 0 Å². The van der Waals surface area contributed by atoms with Gasteiger partial charge in [0.25, 0.3) is 0 Å². The number of ether oxygens (including phenoxy) is 1. The molecule has 1 N–H and O–H groups in total. The monoisotopic (exact) mass is 222 g/mol. The molecule has 0 bridgehead atoms. The first-order valence-electron chi connectivity index (χ1n) is 5.66. The van der Waals surface area contributed by atoms with E-state index in [1.165, 1.54) is 12.8 Å². The van der Waals surface area contributed by atoms with Crippen molar-refractivity contribution in [3.05, 3.63) is 29.8 Å². The summed E-state index contributed by atoms with van der Waals surface area (Å²) in [7, 11) is 0. The molecule has 0 radical (unpaired) electrons. The second kappa shape index (κ2) is 6.88. The molecular weight excluding hydrogens is 204 g/mol. The third kappa shape index (κ3) is 4.82. The molecule has 0 fully saturated rings. The Morgan fingerprint density at radius 1 is 1.25 bits per heavy atom. The van der Waals surface area contributed by atoms with Gasteiger partial charge in [0.05, 0.1) is 13.0 Å². The number of carboxylic acid groups (broad SMARTS) is 1. The molecule has 0 atom stereocenters. The molecule has 1 rings (SSSR count). The summed E-state index contributed by atoms with van der Waals surface area (Å²) in [4.78, 5) is 10.5. The van der Waals surface area contributed by atoms with Crippen molar-refractivity contribution in [1.29, 1.82) is 0 Å². The van der Waals surface area contributed by atoms with Crippen molar-refractivity contribution in [3.63, 3.8) is 0 Å². The van der Waals surface area contributed by atoms with Crippen molar-refractivity contribution in [2.75, 3.05) is 6.61 Å². The Morgan fingerprint density at radius 3 is 2.50 bits per heavy atom. The minimum atomic E-state index is -0.809. The molecule has 0 aliphatic rings. The molecule has 1 aromatic rings. The maximum absolute atomic E-state index is 10.5. The minimum Gasteiger partial charge on any atom is -0.494 e.